The Hall–Kier alpha value is -4.05. The Morgan fingerprint density at radius 3 is 2.72 bits per heavy atom. The summed E-state index contributed by atoms with van der Waals surface area (Å²) in [5.74, 6) is 0.00899. The van der Waals surface area contributed by atoms with Crippen molar-refractivity contribution in [3.63, 3.8) is 0 Å². The fraction of sp³-hybridized carbons (Fsp3) is 0.136. The number of carbonyl (C=O) groups is 2. The number of methoxy groups -OCH3 is 1. The summed E-state index contributed by atoms with van der Waals surface area (Å²) >= 11 is 1.13. The summed E-state index contributed by atoms with van der Waals surface area (Å²) in [6.45, 7) is 1.95. The van der Waals surface area contributed by atoms with Crippen LogP contribution in [-0.4, -0.2) is 40.3 Å². The lowest BCUT2D eigenvalue weighted by Gasteiger charge is -2.02. The van der Waals surface area contributed by atoms with Crippen LogP contribution in [0.4, 0.5) is 5.13 Å². The van der Waals surface area contributed by atoms with Crippen molar-refractivity contribution in [1.82, 2.24) is 20.6 Å². The van der Waals surface area contributed by atoms with Gasteiger partial charge in [0.15, 0.2) is 0 Å². The summed E-state index contributed by atoms with van der Waals surface area (Å²) in [6.07, 6.45) is 1.62. The largest absolute Gasteiger partial charge is 0.497 e. The van der Waals surface area contributed by atoms with Gasteiger partial charge < -0.3 is 9.72 Å². The van der Waals surface area contributed by atoms with Crippen molar-refractivity contribution >= 4 is 45.4 Å². The van der Waals surface area contributed by atoms with Crippen LogP contribution >= 0.6 is 11.3 Å². The monoisotopic (exact) mass is 448 g/mol. The number of hydrogen-bond acceptors (Lipinski definition) is 7. The number of hydrazone groups is 1. The molecule has 4 rings (SSSR count). The quantitative estimate of drug-likeness (QED) is 0.296. The molecule has 3 N–H and O–H groups in total. The van der Waals surface area contributed by atoms with Gasteiger partial charge in [-0.1, -0.05) is 29.5 Å². The zero-order valence-electron chi connectivity index (χ0n) is 17.4. The highest BCUT2D eigenvalue weighted by Gasteiger charge is 2.13. The van der Waals surface area contributed by atoms with Crippen LogP contribution in [0.2, 0.25) is 0 Å². The highest BCUT2D eigenvalue weighted by Crippen LogP contribution is 2.20. The van der Waals surface area contributed by atoms with E-state index in [-0.39, 0.29) is 18.2 Å². The van der Waals surface area contributed by atoms with Gasteiger partial charge in [-0.2, -0.15) is 5.10 Å². The van der Waals surface area contributed by atoms with Crippen molar-refractivity contribution in [2.75, 3.05) is 12.4 Å². The molecular formula is C22H20N6O3S. The molecule has 0 saturated carbocycles. The highest BCUT2D eigenvalue weighted by atomic mass is 32.1. The van der Waals surface area contributed by atoms with Crippen molar-refractivity contribution in [2.45, 2.75) is 13.3 Å². The third-order valence-corrected chi connectivity index (χ3v) is 5.52. The van der Waals surface area contributed by atoms with Crippen LogP contribution in [0.25, 0.3) is 10.9 Å². The molecule has 162 valence electrons. The molecule has 0 atom stereocenters. The number of H-pyrrole nitrogens is 1. The maximum Gasteiger partial charge on any atom is 0.257 e. The molecule has 4 aromatic rings. The second kappa shape index (κ2) is 9.40. The molecule has 2 aromatic carbocycles. The zero-order chi connectivity index (χ0) is 22.5. The van der Waals surface area contributed by atoms with E-state index in [1.54, 1.807) is 37.6 Å². The Balaban J connectivity index is 1.32. The Bertz CT molecular complexity index is 1290. The van der Waals surface area contributed by atoms with Gasteiger partial charge in [-0.15, -0.1) is 10.2 Å². The topological polar surface area (TPSA) is 121 Å². The Kier molecular flexibility index (Phi) is 6.22. The molecule has 9 nitrogen and oxygen atoms in total. The van der Waals surface area contributed by atoms with Gasteiger partial charge in [0.2, 0.25) is 11.0 Å². The summed E-state index contributed by atoms with van der Waals surface area (Å²) < 4.78 is 5.08. The molecule has 2 aromatic heterocycles. The second-order valence-electron chi connectivity index (χ2n) is 6.86. The number of aromatic nitrogens is 3. The summed E-state index contributed by atoms with van der Waals surface area (Å²) in [5.41, 5.74) is 5.86. The number of para-hydroxylation sites is 1. The van der Waals surface area contributed by atoms with Crippen LogP contribution in [0.5, 0.6) is 5.75 Å². The molecular weight excluding hydrogens is 428 g/mol. The van der Waals surface area contributed by atoms with Crippen molar-refractivity contribution in [1.29, 1.82) is 0 Å². The number of nitrogens with zero attached hydrogens (tertiary/aromatic N) is 3. The van der Waals surface area contributed by atoms with Crippen molar-refractivity contribution in [2.24, 2.45) is 5.10 Å². The molecule has 2 amide bonds. The summed E-state index contributed by atoms with van der Waals surface area (Å²) in [7, 11) is 1.56. The number of rotatable bonds is 7. The van der Waals surface area contributed by atoms with E-state index < -0.39 is 0 Å². The fourth-order valence-corrected chi connectivity index (χ4v) is 3.83. The van der Waals surface area contributed by atoms with Crippen LogP contribution in [0, 0.1) is 6.92 Å². The number of nitrogens with one attached hydrogen (secondary N) is 3. The van der Waals surface area contributed by atoms with Crippen LogP contribution in [0.1, 0.15) is 26.6 Å². The maximum absolute atomic E-state index is 12.3. The first-order chi connectivity index (χ1) is 15.5. The lowest BCUT2D eigenvalue weighted by molar-refractivity contribution is -0.120. The smallest absolute Gasteiger partial charge is 0.257 e. The normalized spacial score (nSPS) is 11.1. The molecule has 0 spiro atoms. The van der Waals surface area contributed by atoms with Gasteiger partial charge in [-0.25, -0.2) is 5.43 Å². The zero-order valence-corrected chi connectivity index (χ0v) is 18.2. The van der Waals surface area contributed by atoms with E-state index in [2.05, 4.69) is 31.0 Å². The van der Waals surface area contributed by atoms with Gasteiger partial charge in [0.1, 0.15) is 10.8 Å². The van der Waals surface area contributed by atoms with E-state index >= 15 is 0 Å². The number of amides is 2. The first-order valence-electron chi connectivity index (χ1n) is 9.70. The van der Waals surface area contributed by atoms with Crippen LogP contribution in [-0.2, 0) is 11.2 Å². The number of anilines is 1. The van der Waals surface area contributed by atoms with Crippen molar-refractivity contribution < 1.29 is 14.3 Å². The van der Waals surface area contributed by atoms with Gasteiger partial charge in [0, 0.05) is 27.7 Å². The van der Waals surface area contributed by atoms with Crippen LogP contribution in [0.15, 0.2) is 53.6 Å². The van der Waals surface area contributed by atoms with Gasteiger partial charge in [0.05, 0.1) is 19.7 Å². The summed E-state index contributed by atoms with van der Waals surface area (Å²) in [4.78, 5) is 27.8. The molecule has 2 heterocycles. The minimum absolute atomic E-state index is 0.000277. The molecule has 10 heteroatoms. The summed E-state index contributed by atoms with van der Waals surface area (Å²) in [5, 5.41) is 16.4. The van der Waals surface area contributed by atoms with E-state index in [0.29, 0.717) is 21.5 Å². The maximum atomic E-state index is 12.3. The number of hydrogen-bond donors (Lipinski definition) is 3. The van der Waals surface area contributed by atoms with Gasteiger partial charge in [-0.05, 0) is 37.3 Å². The molecule has 0 fully saturated rings. The molecule has 0 saturated heterocycles. The Labute approximate surface area is 187 Å². The number of benzene rings is 2. The lowest BCUT2D eigenvalue weighted by atomic mass is 10.1. The summed E-state index contributed by atoms with van der Waals surface area (Å²) in [6, 6.07) is 14.6. The van der Waals surface area contributed by atoms with Crippen molar-refractivity contribution in [3.05, 3.63) is 70.4 Å². The predicted octanol–water partition coefficient (Wildman–Crippen LogP) is 3.28. The Morgan fingerprint density at radius 2 is 1.94 bits per heavy atom. The number of aryl methyl sites for hydroxylation is 1. The lowest BCUT2D eigenvalue weighted by Crippen LogP contribution is -2.19. The van der Waals surface area contributed by atoms with Crippen molar-refractivity contribution in [3.8, 4) is 5.75 Å². The molecule has 0 radical (unpaired) electrons. The first-order valence-corrected chi connectivity index (χ1v) is 10.5. The van der Waals surface area contributed by atoms with E-state index in [1.807, 2.05) is 31.2 Å². The molecule has 0 bridgehead atoms. The van der Waals surface area contributed by atoms with Gasteiger partial charge >= 0.3 is 0 Å². The number of aromatic amines is 1. The Morgan fingerprint density at radius 1 is 1.16 bits per heavy atom. The molecule has 0 aliphatic rings. The third-order valence-electron chi connectivity index (χ3n) is 4.68. The SMILES string of the molecule is COc1ccc(C(=O)Nc2nnc(CC(=O)N/N=C\c3c(C)[nH]c4ccccc34)s2)cc1. The number of ether oxygens (including phenoxy) is 1. The van der Waals surface area contributed by atoms with Gasteiger partial charge in [-0.3, -0.25) is 14.9 Å². The average molecular weight is 449 g/mol. The predicted molar refractivity (Wildman–Crippen MR) is 123 cm³/mol. The van der Waals surface area contributed by atoms with E-state index in [9.17, 15) is 9.59 Å². The van der Waals surface area contributed by atoms with E-state index in [4.69, 9.17) is 4.74 Å². The fourth-order valence-electron chi connectivity index (χ4n) is 3.10. The average Bonchev–Trinajstić information content (AvgIpc) is 3.37. The minimum atomic E-state index is -0.331. The standard InChI is InChI=1S/C22H20N6O3S/c1-13-17(16-5-3-4-6-18(16)24-13)12-23-26-19(29)11-20-27-28-22(32-20)25-21(30)14-7-9-15(31-2)10-8-14/h3-10,12,24H,11H2,1-2H3,(H,26,29)(H,25,28,30)/b23-12-. The number of carbonyl (C=O) groups excluding carboxylic acids is 2. The first kappa shape index (κ1) is 21.2. The van der Waals surface area contributed by atoms with Crippen LogP contribution in [0.3, 0.4) is 0 Å². The van der Waals surface area contributed by atoms with Crippen LogP contribution < -0.4 is 15.5 Å². The van der Waals surface area contributed by atoms with E-state index in [1.165, 1.54) is 0 Å². The minimum Gasteiger partial charge on any atom is -0.497 e. The molecule has 0 aliphatic heterocycles. The molecule has 0 unspecified atom stereocenters. The molecule has 0 aliphatic carbocycles. The molecule has 32 heavy (non-hydrogen) atoms. The van der Waals surface area contributed by atoms with E-state index in [0.717, 1.165) is 33.5 Å². The third kappa shape index (κ3) is 4.81. The number of fused-ring (bicyclic) bond motifs is 1. The van der Waals surface area contributed by atoms with Gasteiger partial charge in [0.25, 0.3) is 5.91 Å². The highest BCUT2D eigenvalue weighted by molar-refractivity contribution is 7.15. The second-order valence-corrected chi connectivity index (χ2v) is 7.92.